The Labute approximate surface area is 86.2 Å². The minimum Gasteiger partial charge on any atom is -0.207 e. The molecule has 0 fully saturated rings. The fourth-order valence-corrected chi connectivity index (χ4v) is 1.55. The molecule has 0 heterocycles. The maximum atomic E-state index is 13.1. The van der Waals surface area contributed by atoms with Gasteiger partial charge in [-0.3, -0.25) is 0 Å². The summed E-state index contributed by atoms with van der Waals surface area (Å²) in [5.74, 6) is -0.108. The van der Waals surface area contributed by atoms with Crippen molar-refractivity contribution in [3.05, 3.63) is 35.6 Å². The van der Waals surface area contributed by atoms with E-state index in [1.807, 2.05) is 0 Å². The van der Waals surface area contributed by atoms with Gasteiger partial charge in [-0.1, -0.05) is 44.7 Å². The van der Waals surface area contributed by atoms with Crippen LogP contribution in [0.1, 0.15) is 44.6 Å². The molecular weight excluding hydrogens is 175 g/mol. The average Bonchev–Trinajstić information content (AvgIpc) is 2.20. The summed E-state index contributed by atoms with van der Waals surface area (Å²) in [6, 6.07) is 7.94. The largest absolute Gasteiger partial charge is 0.207 e. The van der Waals surface area contributed by atoms with E-state index in [1.165, 1.54) is 31.7 Å². The molecule has 0 aromatic heterocycles. The lowest BCUT2D eigenvalue weighted by Crippen LogP contribution is -1.90. The summed E-state index contributed by atoms with van der Waals surface area (Å²) in [6.45, 7) is 2.20. The monoisotopic (exact) mass is 193 g/mol. The van der Waals surface area contributed by atoms with Gasteiger partial charge in [-0.05, 0) is 30.5 Å². The molecule has 0 unspecified atom stereocenters. The van der Waals surface area contributed by atoms with Crippen LogP contribution in [0.2, 0.25) is 0 Å². The second-order valence-electron chi connectivity index (χ2n) is 3.66. The highest BCUT2D eigenvalue weighted by molar-refractivity contribution is 5.15. The van der Waals surface area contributed by atoms with E-state index in [9.17, 15) is 4.39 Å². The first-order chi connectivity index (χ1) is 6.84. The minimum atomic E-state index is -0.108. The van der Waals surface area contributed by atoms with Crippen molar-refractivity contribution in [2.45, 2.75) is 45.4 Å². The Balaban J connectivity index is 2.21. The molecule has 0 aliphatic rings. The Morgan fingerprint density at radius 2 is 2.00 bits per heavy atom. The number of unbranched alkanes of at least 4 members (excludes halogenated alkanes) is 4. The van der Waals surface area contributed by atoms with Gasteiger partial charge in [0, 0.05) is 0 Å². The van der Waals surface area contributed by atoms with Gasteiger partial charge in [-0.2, -0.15) is 0 Å². The van der Waals surface area contributed by atoms with Crippen molar-refractivity contribution in [2.75, 3.05) is 0 Å². The maximum absolute atomic E-state index is 13.1. The Hall–Kier alpha value is -0.850. The second-order valence-corrected chi connectivity index (χ2v) is 3.66. The molecule has 0 aliphatic heterocycles. The van der Waals surface area contributed by atoms with Gasteiger partial charge in [0.25, 0.3) is 0 Å². The summed E-state index contributed by atoms with van der Waals surface area (Å²) in [7, 11) is 0. The van der Waals surface area contributed by atoms with Gasteiger partial charge >= 0.3 is 0 Å². The van der Waals surface area contributed by atoms with E-state index in [-0.39, 0.29) is 5.82 Å². The molecule has 0 N–H and O–H groups in total. The minimum absolute atomic E-state index is 0.108. The van der Waals surface area contributed by atoms with Gasteiger partial charge in [0.05, 0.1) is 0 Å². The zero-order valence-corrected chi connectivity index (χ0v) is 8.85. The lowest BCUT2D eigenvalue weighted by Gasteiger charge is -2.01. The SMILES string of the molecule is CCCCCCCc1[c]cccc1F. The highest BCUT2D eigenvalue weighted by Crippen LogP contribution is 2.11. The van der Waals surface area contributed by atoms with Crippen LogP contribution in [0.15, 0.2) is 18.2 Å². The second kappa shape index (κ2) is 6.58. The zero-order chi connectivity index (χ0) is 10.2. The predicted molar refractivity (Wildman–Crippen MR) is 57.7 cm³/mol. The van der Waals surface area contributed by atoms with Gasteiger partial charge in [0.1, 0.15) is 5.82 Å². The summed E-state index contributed by atoms with van der Waals surface area (Å²) in [5.41, 5.74) is 0.740. The predicted octanol–water partition coefficient (Wildman–Crippen LogP) is 4.14. The number of hydrogen-bond acceptors (Lipinski definition) is 0. The first-order valence-corrected chi connectivity index (χ1v) is 5.49. The van der Waals surface area contributed by atoms with Crippen LogP contribution < -0.4 is 0 Å². The van der Waals surface area contributed by atoms with Crippen LogP contribution in [-0.2, 0) is 6.42 Å². The van der Waals surface area contributed by atoms with E-state index < -0.39 is 0 Å². The maximum Gasteiger partial charge on any atom is 0.127 e. The van der Waals surface area contributed by atoms with Crippen LogP contribution in [0, 0.1) is 11.9 Å². The van der Waals surface area contributed by atoms with Crippen molar-refractivity contribution in [3.63, 3.8) is 0 Å². The number of halogens is 1. The van der Waals surface area contributed by atoms with E-state index in [2.05, 4.69) is 13.0 Å². The first kappa shape index (κ1) is 11.2. The molecule has 0 amide bonds. The molecular formula is C13H18F. The summed E-state index contributed by atoms with van der Waals surface area (Å²) < 4.78 is 13.1. The molecule has 0 aliphatic carbocycles. The van der Waals surface area contributed by atoms with E-state index in [1.54, 1.807) is 12.1 Å². The number of aryl methyl sites for hydroxylation is 1. The molecule has 0 nitrogen and oxygen atoms in total. The fourth-order valence-electron chi connectivity index (χ4n) is 1.55. The van der Waals surface area contributed by atoms with Crippen molar-refractivity contribution in [1.29, 1.82) is 0 Å². The highest BCUT2D eigenvalue weighted by atomic mass is 19.1. The topological polar surface area (TPSA) is 0 Å². The third-order valence-electron chi connectivity index (χ3n) is 2.41. The summed E-state index contributed by atoms with van der Waals surface area (Å²) >= 11 is 0. The molecule has 1 aromatic carbocycles. The molecule has 77 valence electrons. The lowest BCUT2D eigenvalue weighted by molar-refractivity contribution is 0.587. The van der Waals surface area contributed by atoms with Crippen molar-refractivity contribution >= 4 is 0 Å². The van der Waals surface area contributed by atoms with E-state index in [4.69, 9.17) is 0 Å². The van der Waals surface area contributed by atoms with Gasteiger partial charge in [0.2, 0.25) is 0 Å². The van der Waals surface area contributed by atoms with Crippen molar-refractivity contribution in [2.24, 2.45) is 0 Å². The van der Waals surface area contributed by atoms with Gasteiger partial charge < -0.3 is 0 Å². The number of hydrogen-bond donors (Lipinski definition) is 0. The molecule has 1 radical (unpaired) electrons. The van der Waals surface area contributed by atoms with E-state index in [0.29, 0.717) is 0 Å². The van der Waals surface area contributed by atoms with E-state index >= 15 is 0 Å². The first-order valence-electron chi connectivity index (χ1n) is 5.49. The van der Waals surface area contributed by atoms with Crippen LogP contribution in [-0.4, -0.2) is 0 Å². The lowest BCUT2D eigenvalue weighted by atomic mass is 10.1. The summed E-state index contributed by atoms with van der Waals surface area (Å²) in [4.78, 5) is 0. The highest BCUT2D eigenvalue weighted by Gasteiger charge is 1.99. The zero-order valence-electron chi connectivity index (χ0n) is 8.85. The Morgan fingerprint density at radius 3 is 2.71 bits per heavy atom. The Morgan fingerprint density at radius 1 is 1.21 bits per heavy atom. The van der Waals surface area contributed by atoms with Crippen LogP contribution in [0.4, 0.5) is 4.39 Å². The quantitative estimate of drug-likeness (QED) is 0.596. The Bertz CT molecular complexity index is 255. The normalized spacial score (nSPS) is 10.4. The third kappa shape index (κ3) is 3.91. The summed E-state index contributed by atoms with van der Waals surface area (Å²) in [6.07, 6.45) is 6.93. The van der Waals surface area contributed by atoms with Crippen molar-refractivity contribution < 1.29 is 4.39 Å². The third-order valence-corrected chi connectivity index (χ3v) is 2.41. The van der Waals surface area contributed by atoms with Crippen molar-refractivity contribution in [1.82, 2.24) is 0 Å². The summed E-state index contributed by atoms with van der Waals surface area (Å²) in [5, 5.41) is 0. The van der Waals surface area contributed by atoms with Crippen LogP contribution >= 0.6 is 0 Å². The van der Waals surface area contributed by atoms with Gasteiger partial charge in [-0.25, -0.2) is 4.39 Å². The number of rotatable bonds is 6. The molecule has 0 saturated carbocycles. The average molecular weight is 193 g/mol. The van der Waals surface area contributed by atoms with Gasteiger partial charge in [-0.15, -0.1) is 0 Å². The molecule has 0 atom stereocenters. The molecule has 0 spiro atoms. The fraction of sp³-hybridized carbons (Fsp3) is 0.538. The number of benzene rings is 1. The van der Waals surface area contributed by atoms with Crippen molar-refractivity contribution in [3.8, 4) is 0 Å². The molecule has 0 bridgehead atoms. The Kier molecular flexibility index (Phi) is 5.28. The smallest absolute Gasteiger partial charge is 0.127 e. The van der Waals surface area contributed by atoms with Crippen LogP contribution in [0.25, 0.3) is 0 Å². The molecule has 14 heavy (non-hydrogen) atoms. The van der Waals surface area contributed by atoms with E-state index in [0.717, 1.165) is 18.4 Å². The molecule has 1 heteroatoms. The van der Waals surface area contributed by atoms with Gasteiger partial charge in [0.15, 0.2) is 0 Å². The standard InChI is InChI=1S/C13H18F/c1-2-3-4-5-6-9-12-10-7-8-11-13(12)14/h7-8,11H,2-6,9H2,1H3. The van der Waals surface area contributed by atoms with Crippen LogP contribution in [0.3, 0.4) is 0 Å². The molecule has 0 saturated heterocycles. The van der Waals surface area contributed by atoms with Crippen LogP contribution in [0.5, 0.6) is 0 Å². The molecule has 1 rings (SSSR count). The molecule has 1 aromatic rings.